The van der Waals surface area contributed by atoms with Crippen LogP contribution in [-0.4, -0.2) is 34.7 Å². The van der Waals surface area contributed by atoms with Crippen molar-refractivity contribution in [3.63, 3.8) is 0 Å². The highest BCUT2D eigenvalue weighted by Crippen LogP contribution is 2.25. The van der Waals surface area contributed by atoms with E-state index in [1.807, 2.05) is 13.8 Å². The Balaban J connectivity index is 4.61. The summed E-state index contributed by atoms with van der Waals surface area (Å²) in [4.78, 5) is 20.9. The summed E-state index contributed by atoms with van der Waals surface area (Å²) in [7, 11) is 0. The number of carboxylic acid groups (broad SMARTS) is 2. The van der Waals surface area contributed by atoms with Crippen molar-refractivity contribution >= 4 is 12.3 Å². The molecule has 0 radical (unpaired) electrons. The zero-order chi connectivity index (χ0) is 12.6. The van der Waals surface area contributed by atoms with Gasteiger partial charge >= 0.3 is 12.3 Å². The van der Waals surface area contributed by atoms with E-state index < -0.39 is 17.9 Å². The topological polar surface area (TPSA) is 93.1 Å². The van der Waals surface area contributed by atoms with Crippen molar-refractivity contribution in [1.82, 2.24) is 0 Å². The van der Waals surface area contributed by atoms with Crippen LogP contribution in [0.5, 0.6) is 0 Å². The fraction of sp³-hybridized carbons (Fsp3) is 0.800. The van der Waals surface area contributed by atoms with Gasteiger partial charge in [0.05, 0.1) is 0 Å². The molecule has 0 aromatic heterocycles. The minimum Gasteiger partial charge on any atom is -0.450 e. The van der Waals surface area contributed by atoms with Crippen LogP contribution in [0.1, 0.15) is 39.5 Å². The Bertz CT molecular complexity index is 231. The normalized spacial score (nSPS) is 10.9. The second-order valence-electron chi connectivity index (χ2n) is 3.61. The Morgan fingerprint density at radius 2 is 1.56 bits per heavy atom. The molecule has 0 fully saturated rings. The first-order chi connectivity index (χ1) is 7.45. The van der Waals surface area contributed by atoms with Crippen LogP contribution in [0.2, 0.25) is 0 Å². The van der Waals surface area contributed by atoms with E-state index in [0.29, 0.717) is 25.7 Å². The number of carbonyl (C=O) groups is 2. The highest BCUT2D eigenvalue weighted by atomic mass is 16.7. The van der Waals surface area contributed by atoms with Crippen molar-refractivity contribution in [3.05, 3.63) is 0 Å². The van der Waals surface area contributed by atoms with E-state index in [9.17, 15) is 9.59 Å². The second-order valence-corrected chi connectivity index (χ2v) is 3.61. The van der Waals surface area contributed by atoms with Gasteiger partial charge in [-0.1, -0.05) is 26.7 Å². The molecule has 0 aromatic carbocycles. The molecule has 6 nitrogen and oxygen atoms in total. The predicted molar refractivity (Wildman–Crippen MR) is 55.6 cm³/mol. The summed E-state index contributed by atoms with van der Waals surface area (Å²) in [5.74, 6) is 0. The third-order valence-corrected chi connectivity index (χ3v) is 2.17. The summed E-state index contributed by atoms with van der Waals surface area (Å²) in [6.07, 6.45) is -0.561. The van der Waals surface area contributed by atoms with E-state index in [1.165, 1.54) is 0 Å². The van der Waals surface area contributed by atoms with E-state index in [0.717, 1.165) is 0 Å². The van der Waals surface area contributed by atoms with Gasteiger partial charge in [-0.15, -0.1) is 0 Å². The molecule has 0 aliphatic carbocycles. The first-order valence-corrected chi connectivity index (χ1v) is 5.23. The summed E-state index contributed by atoms with van der Waals surface area (Å²) < 4.78 is 9.24. The maximum Gasteiger partial charge on any atom is 0.506 e. The molecule has 0 aliphatic rings. The first kappa shape index (κ1) is 14.5. The molecule has 0 bridgehead atoms. The van der Waals surface area contributed by atoms with Crippen LogP contribution in [0.3, 0.4) is 0 Å². The zero-order valence-electron chi connectivity index (χ0n) is 9.56. The summed E-state index contributed by atoms with van der Waals surface area (Å²) in [6.45, 7) is 3.49. The highest BCUT2D eigenvalue weighted by molar-refractivity contribution is 5.58. The lowest BCUT2D eigenvalue weighted by atomic mass is 9.93. The van der Waals surface area contributed by atoms with Crippen LogP contribution in [0, 0.1) is 0 Å². The number of rotatable bonds is 7. The Hall–Kier alpha value is -1.46. The maximum atomic E-state index is 10.6. The smallest absolute Gasteiger partial charge is 0.450 e. The fourth-order valence-corrected chi connectivity index (χ4v) is 1.69. The van der Waals surface area contributed by atoms with Gasteiger partial charge in [-0.2, -0.15) is 0 Å². The average molecular weight is 234 g/mol. The molecular formula is C10H18O6. The van der Waals surface area contributed by atoms with Crippen LogP contribution < -0.4 is 0 Å². The largest absolute Gasteiger partial charge is 0.506 e. The van der Waals surface area contributed by atoms with E-state index in [4.69, 9.17) is 14.9 Å². The first-order valence-electron chi connectivity index (χ1n) is 5.23. The average Bonchev–Trinajstić information content (AvgIpc) is 2.14. The Morgan fingerprint density at radius 3 is 1.88 bits per heavy atom. The third kappa shape index (κ3) is 5.43. The van der Waals surface area contributed by atoms with Crippen LogP contribution in [0.15, 0.2) is 0 Å². The lowest BCUT2D eigenvalue weighted by molar-refractivity contribution is -0.0720. The van der Waals surface area contributed by atoms with Crippen LogP contribution in [0.25, 0.3) is 0 Å². The summed E-state index contributed by atoms with van der Waals surface area (Å²) in [5, 5.41) is 17.1. The molecule has 0 atom stereocenters. The zero-order valence-corrected chi connectivity index (χ0v) is 9.56. The number of hydrogen-bond acceptors (Lipinski definition) is 4. The molecule has 0 saturated heterocycles. The van der Waals surface area contributed by atoms with Gasteiger partial charge < -0.3 is 19.7 Å². The summed E-state index contributed by atoms with van der Waals surface area (Å²) in [5.41, 5.74) is -1.05. The number of ether oxygens (including phenoxy) is 2. The lowest BCUT2D eigenvalue weighted by Gasteiger charge is -2.30. The van der Waals surface area contributed by atoms with Crippen molar-refractivity contribution in [2.75, 3.05) is 6.61 Å². The molecule has 2 N–H and O–H groups in total. The molecule has 0 saturated carbocycles. The van der Waals surface area contributed by atoms with Gasteiger partial charge in [0, 0.05) is 0 Å². The van der Waals surface area contributed by atoms with Crippen LogP contribution in [-0.2, 0) is 9.47 Å². The molecule has 16 heavy (non-hydrogen) atoms. The van der Waals surface area contributed by atoms with Crippen LogP contribution >= 0.6 is 0 Å². The molecule has 0 aliphatic heterocycles. The van der Waals surface area contributed by atoms with Crippen molar-refractivity contribution in [1.29, 1.82) is 0 Å². The monoisotopic (exact) mass is 234 g/mol. The Kier molecular flexibility index (Phi) is 6.29. The number of hydrogen-bond donors (Lipinski definition) is 2. The van der Waals surface area contributed by atoms with E-state index in [1.54, 1.807) is 0 Å². The quantitative estimate of drug-likeness (QED) is 0.658. The molecule has 0 spiro atoms. The molecule has 0 heterocycles. The lowest BCUT2D eigenvalue weighted by Crippen LogP contribution is -2.40. The fourth-order valence-electron chi connectivity index (χ4n) is 1.69. The highest BCUT2D eigenvalue weighted by Gasteiger charge is 2.34. The van der Waals surface area contributed by atoms with E-state index in [2.05, 4.69) is 4.74 Å². The van der Waals surface area contributed by atoms with Gasteiger partial charge in [0.1, 0.15) is 12.2 Å². The Morgan fingerprint density at radius 1 is 1.06 bits per heavy atom. The predicted octanol–water partition coefficient (Wildman–Crippen LogP) is 2.71. The van der Waals surface area contributed by atoms with Crippen molar-refractivity contribution in [3.8, 4) is 0 Å². The van der Waals surface area contributed by atoms with Gasteiger partial charge in [0.15, 0.2) is 0 Å². The summed E-state index contributed by atoms with van der Waals surface area (Å²) >= 11 is 0. The molecular weight excluding hydrogens is 216 g/mol. The van der Waals surface area contributed by atoms with Gasteiger partial charge in [-0.25, -0.2) is 9.59 Å². The standard InChI is InChI=1S/C10H18O6/c1-3-5-10(6-4-2,16-9(13)14)7-15-8(11)12/h3-7H2,1-2H3,(H,11,12)(H,13,14). The summed E-state index contributed by atoms with van der Waals surface area (Å²) in [6, 6.07) is 0. The second kappa shape index (κ2) is 6.92. The molecule has 0 unspecified atom stereocenters. The van der Waals surface area contributed by atoms with Gasteiger partial charge in [-0.3, -0.25) is 0 Å². The van der Waals surface area contributed by atoms with Crippen molar-refractivity contribution < 1.29 is 29.3 Å². The maximum absolute atomic E-state index is 10.6. The molecule has 0 rings (SSSR count). The van der Waals surface area contributed by atoms with Crippen molar-refractivity contribution in [2.24, 2.45) is 0 Å². The van der Waals surface area contributed by atoms with E-state index >= 15 is 0 Å². The minimum absolute atomic E-state index is 0.254. The molecule has 0 amide bonds. The molecule has 0 aromatic rings. The van der Waals surface area contributed by atoms with E-state index in [-0.39, 0.29) is 6.61 Å². The third-order valence-electron chi connectivity index (χ3n) is 2.17. The van der Waals surface area contributed by atoms with Crippen molar-refractivity contribution in [2.45, 2.75) is 45.1 Å². The van der Waals surface area contributed by atoms with Gasteiger partial charge in [0.2, 0.25) is 0 Å². The molecule has 6 heteroatoms. The van der Waals surface area contributed by atoms with Gasteiger partial charge in [0.25, 0.3) is 0 Å². The Labute approximate surface area is 94.2 Å². The van der Waals surface area contributed by atoms with Crippen LogP contribution in [0.4, 0.5) is 9.59 Å². The SMILES string of the molecule is CCCC(CCC)(COC(=O)O)OC(=O)O. The minimum atomic E-state index is -1.43. The molecule has 94 valence electrons. The van der Waals surface area contributed by atoms with Gasteiger partial charge in [-0.05, 0) is 12.8 Å².